The summed E-state index contributed by atoms with van der Waals surface area (Å²) in [4.78, 5) is 26.6. The first-order valence-corrected chi connectivity index (χ1v) is 11.0. The van der Waals surface area contributed by atoms with E-state index in [0.717, 1.165) is 55.3 Å². The highest BCUT2D eigenvalue weighted by atomic mass is 19.1. The number of benzene rings is 1. The minimum Gasteiger partial charge on any atom is -0.493 e. The van der Waals surface area contributed by atoms with E-state index in [0.29, 0.717) is 24.8 Å². The minimum absolute atomic E-state index is 0.0171. The molecule has 166 valence electrons. The van der Waals surface area contributed by atoms with Gasteiger partial charge in [0, 0.05) is 37.6 Å². The number of carbonyl (C=O) groups excluding carboxylic acids is 1. The first-order chi connectivity index (χ1) is 15.0. The van der Waals surface area contributed by atoms with Crippen LogP contribution in [0.1, 0.15) is 42.3 Å². The predicted molar refractivity (Wildman–Crippen MR) is 117 cm³/mol. The number of carbonyl (C=O) groups is 1. The maximum absolute atomic E-state index is 13.2. The van der Waals surface area contributed by atoms with E-state index in [1.807, 2.05) is 11.9 Å². The average Bonchev–Trinajstić information content (AvgIpc) is 2.78. The third-order valence-electron chi connectivity index (χ3n) is 6.13. The van der Waals surface area contributed by atoms with Crippen molar-refractivity contribution in [3.8, 4) is 5.75 Å². The van der Waals surface area contributed by atoms with Crippen molar-refractivity contribution in [3.05, 3.63) is 47.2 Å². The maximum Gasteiger partial charge on any atom is 0.226 e. The van der Waals surface area contributed by atoms with Gasteiger partial charge in [-0.3, -0.25) is 4.79 Å². The van der Waals surface area contributed by atoms with Crippen LogP contribution in [-0.2, 0) is 17.8 Å². The van der Waals surface area contributed by atoms with Crippen molar-refractivity contribution in [1.29, 1.82) is 0 Å². The Bertz CT molecular complexity index is 913. The van der Waals surface area contributed by atoms with Crippen LogP contribution in [0.15, 0.2) is 24.3 Å². The lowest BCUT2D eigenvalue weighted by Gasteiger charge is -2.32. The Kier molecular flexibility index (Phi) is 6.65. The Labute approximate surface area is 182 Å². The molecule has 8 heteroatoms. The molecule has 0 bridgehead atoms. The third-order valence-corrected chi connectivity index (χ3v) is 6.13. The van der Waals surface area contributed by atoms with Gasteiger partial charge in [0.1, 0.15) is 23.2 Å². The van der Waals surface area contributed by atoms with E-state index in [9.17, 15) is 9.18 Å². The second-order valence-corrected chi connectivity index (χ2v) is 8.30. The molecule has 1 saturated heterocycles. The summed E-state index contributed by atoms with van der Waals surface area (Å²) in [5.74, 6) is 2.25. The number of aromatic nitrogens is 2. The van der Waals surface area contributed by atoms with Gasteiger partial charge >= 0.3 is 0 Å². The summed E-state index contributed by atoms with van der Waals surface area (Å²) in [6.07, 6.45) is 3.13. The molecule has 0 aliphatic carbocycles. The predicted octanol–water partition coefficient (Wildman–Crippen LogP) is 2.82. The van der Waals surface area contributed by atoms with Crippen LogP contribution in [0.3, 0.4) is 0 Å². The van der Waals surface area contributed by atoms with E-state index in [1.54, 1.807) is 12.1 Å². The molecule has 0 unspecified atom stereocenters. The van der Waals surface area contributed by atoms with Gasteiger partial charge in [0.05, 0.1) is 25.3 Å². The van der Waals surface area contributed by atoms with Crippen molar-refractivity contribution in [2.45, 2.75) is 38.1 Å². The summed E-state index contributed by atoms with van der Waals surface area (Å²) < 4.78 is 18.8. The second kappa shape index (κ2) is 9.60. The van der Waals surface area contributed by atoms with Crippen LogP contribution < -0.4 is 10.1 Å². The van der Waals surface area contributed by atoms with Crippen LogP contribution in [0, 0.1) is 5.82 Å². The minimum atomic E-state index is -0.351. The summed E-state index contributed by atoms with van der Waals surface area (Å²) in [6.45, 7) is 3.49. The average molecular weight is 428 g/mol. The Balaban J connectivity index is 1.38. The van der Waals surface area contributed by atoms with E-state index >= 15 is 0 Å². The van der Waals surface area contributed by atoms with Crippen LogP contribution in [0.2, 0.25) is 0 Å². The van der Waals surface area contributed by atoms with Gasteiger partial charge in [-0.1, -0.05) is 6.07 Å². The lowest BCUT2D eigenvalue weighted by Crippen LogP contribution is -2.38. The quantitative estimate of drug-likeness (QED) is 0.765. The van der Waals surface area contributed by atoms with Crippen molar-refractivity contribution < 1.29 is 13.9 Å². The normalized spacial score (nSPS) is 17.3. The molecule has 2 aliphatic heterocycles. The van der Waals surface area contributed by atoms with Gasteiger partial charge in [0.25, 0.3) is 0 Å². The van der Waals surface area contributed by atoms with E-state index < -0.39 is 0 Å². The number of hydrogen-bond acceptors (Lipinski definition) is 6. The van der Waals surface area contributed by atoms with Gasteiger partial charge in [-0.05, 0) is 45.1 Å². The van der Waals surface area contributed by atoms with Crippen LogP contribution in [0.5, 0.6) is 5.75 Å². The molecular weight excluding hydrogens is 397 g/mol. The number of anilines is 1. The van der Waals surface area contributed by atoms with E-state index in [1.165, 1.54) is 12.1 Å². The van der Waals surface area contributed by atoms with Crippen molar-refractivity contribution in [2.24, 2.45) is 0 Å². The van der Waals surface area contributed by atoms with Crippen molar-refractivity contribution in [2.75, 3.05) is 45.7 Å². The van der Waals surface area contributed by atoms with Crippen LogP contribution >= 0.6 is 0 Å². The zero-order valence-corrected chi connectivity index (χ0v) is 18.2. The van der Waals surface area contributed by atoms with Crippen LogP contribution in [0.25, 0.3) is 0 Å². The first kappa shape index (κ1) is 21.5. The molecule has 0 radical (unpaired) electrons. The molecule has 0 spiro atoms. The van der Waals surface area contributed by atoms with Gasteiger partial charge in [-0.15, -0.1) is 0 Å². The Morgan fingerprint density at radius 1 is 1.26 bits per heavy atom. The molecule has 0 saturated carbocycles. The largest absolute Gasteiger partial charge is 0.493 e. The Morgan fingerprint density at radius 3 is 2.81 bits per heavy atom. The molecule has 1 fully saturated rings. The van der Waals surface area contributed by atoms with Gasteiger partial charge in [0.15, 0.2) is 0 Å². The highest BCUT2D eigenvalue weighted by Gasteiger charge is 2.28. The monoisotopic (exact) mass is 427 g/mol. The van der Waals surface area contributed by atoms with Gasteiger partial charge in [0.2, 0.25) is 5.91 Å². The lowest BCUT2D eigenvalue weighted by atomic mass is 9.95. The summed E-state index contributed by atoms with van der Waals surface area (Å²) >= 11 is 0. The number of halogens is 1. The number of rotatable bonds is 6. The van der Waals surface area contributed by atoms with Gasteiger partial charge in [-0.25, -0.2) is 14.4 Å². The smallest absolute Gasteiger partial charge is 0.226 e. The summed E-state index contributed by atoms with van der Waals surface area (Å²) in [5.41, 5.74) is 2.05. The molecule has 0 atom stereocenters. The summed E-state index contributed by atoms with van der Waals surface area (Å²) in [6, 6.07) is 5.96. The zero-order valence-electron chi connectivity index (χ0n) is 18.2. The fraction of sp³-hybridized carbons (Fsp3) is 0.522. The molecule has 1 aromatic carbocycles. The van der Waals surface area contributed by atoms with E-state index in [4.69, 9.17) is 14.7 Å². The first-order valence-electron chi connectivity index (χ1n) is 11.0. The third kappa shape index (κ3) is 5.12. The molecule has 31 heavy (non-hydrogen) atoms. The molecular formula is C23H30FN5O2. The highest BCUT2D eigenvalue weighted by Crippen LogP contribution is 2.30. The number of likely N-dealkylation sites (tertiary alicyclic amines) is 1. The zero-order chi connectivity index (χ0) is 21.8. The Morgan fingerprint density at radius 2 is 2.06 bits per heavy atom. The SMILES string of the molecule is CNc1nc(C2CCN(C)CC2)nc2c1CN(C(=O)CCOc1cccc(F)c1)CC2. The van der Waals surface area contributed by atoms with Crippen LogP contribution in [-0.4, -0.2) is 66.0 Å². The number of nitrogens with one attached hydrogen (secondary N) is 1. The maximum atomic E-state index is 13.2. The summed E-state index contributed by atoms with van der Waals surface area (Å²) in [7, 11) is 4.02. The molecule has 4 rings (SSSR count). The van der Waals surface area contributed by atoms with Crippen molar-refractivity contribution in [1.82, 2.24) is 19.8 Å². The van der Waals surface area contributed by atoms with Crippen molar-refractivity contribution in [3.63, 3.8) is 0 Å². The Hall–Kier alpha value is -2.74. The topological polar surface area (TPSA) is 70.6 Å². The molecule has 1 amide bonds. The number of nitrogens with zero attached hydrogens (tertiary/aromatic N) is 4. The van der Waals surface area contributed by atoms with Crippen molar-refractivity contribution >= 4 is 11.7 Å². The number of piperidine rings is 1. The number of hydrogen-bond donors (Lipinski definition) is 1. The number of ether oxygens (including phenoxy) is 1. The van der Waals surface area contributed by atoms with Gasteiger partial charge in [-0.2, -0.15) is 0 Å². The molecule has 7 nitrogen and oxygen atoms in total. The lowest BCUT2D eigenvalue weighted by molar-refractivity contribution is -0.132. The fourth-order valence-corrected chi connectivity index (χ4v) is 4.27. The second-order valence-electron chi connectivity index (χ2n) is 8.30. The molecule has 1 aromatic heterocycles. The van der Waals surface area contributed by atoms with Gasteiger partial charge < -0.3 is 19.9 Å². The highest BCUT2D eigenvalue weighted by molar-refractivity contribution is 5.77. The van der Waals surface area contributed by atoms with E-state index in [2.05, 4.69) is 17.3 Å². The summed E-state index contributed by atoms with van der Waals surface area (Å²) in [5, 5.41) is 3.21. The molecule has 2 aliphatic rings. The van der Waals surface area contributed by atoms with E-state index in [-0.39, 0.29) is 24.8 Å². The number of fused-ring (bicyclic) bond motifs is 1. The standard InChI is InChI=1S/C23H30FN5O2/c1-25-23-19-15-29(21(30)9-13-31-18-5-3-4-17(24)14-18)12-8-20(19)26-22(27-23)16-6-10-28(2)11-7-16/h3-5,14,16H,6-13,15H2,1-2H3,(H,25,26,27). The molecule has 2 aromatic rings. The molecule has 1 N–H and O–H groups in total. The van der Waals surface area contributed by atoms with Crippen LogP contribution in [0.4, 0.5) is 10.2 Å². The fourth-order valence-electron chi connectivity index (χ4n) is 4.27. The molecule has 3 heterocycles. The number of amides is 1.